The first kappa shape index (κ1) is 24.9. The van der Waals surface area contributed by atoms with Gasteiger partial charge in [0.1, 0.15) is 0 Å². The monoisotopic (exact) mass is 289 g/mol. The second kappa shape index (κ2) is 21.2. The summed E-state index contributed by atoms with van der Waals surface area (Å²) in [6, 6.07) is 0.676. The molecular weight excluding hydrogens is 246 g/mol. The number of ether oxygens (including phenoxy) is 1. The number of hydrogen-bond acceptors (Lipinski definition) is 2. The fraction of sp³-hybridized carbons (Fsp3) is 1.00. The van der Waals surface area contributed by atoms with Crippen molar-refractivity contribution in [3.05, 3.63) is 0 Å². The minimum Gasteiger partial charge on any atom is -0.380 e. The van der Waals surface area contributed by atoms with Gasteiger partial charge in [-0.25, -0.2) is 0 Å². The lowest BCUT2D eigenvalue weighted by molar-refractivity contribution is 0.101. The highest BCUT2D eigenvalue weighted by Gasteiger charge is 2.04. The smallest absolute Gasteiger partial charge is 0.0593 e. The second-order valence-corrected chi connectivity index (χ2v) is 5.27. The van der Waals surface area contributed by atoms with Gasteiger partial charge in [0.2, 0.25) is 0 Å². The predicted octanol–water partition coefficient (Wildman–Crippen LogP) is 5.61. The van der Waals surface area contributed by atoms with Crippen molar-refractivity contribution < 1.29 is 4.74 Å². The van der Waals surface area contributed by atoms with E-state index in [0.717, 1.165) is 32.1 Å². The molecule has 0 aliphatic rings. The quantitative estimate of drug-likeness (QED) is 0.511. The molecule has 2 heteroatoms. The second-order valence-electron chi connectivity index (χ2n) is 5.27. The zero-order valence-electron chi connectivity index (χ0n) is 16.0. The number of rotatable bonds is 9. The Morgan fingerprint density at radius 1 is 0.850 bits per heavy atom. The molecule has 0 heterocycles. The van der Waals surface area contributed by atoms with Gasteiger partial charge < -0.3 is 9.64 Å². The SMILES string of the molecule is CC.CCC(C)CC.CCCOCCN(C)C(C)CC. The maximum absolute atomic E-state index is 5.41. The highest BCUT2D eigenvalue weighted by Crippen LogP contribution is 2.02. The summed E-state index contributed by atoms with van der Waals surface area (Å²) >= 11 is 0. The van der Waals surface area contributed by atoms with Crippen molar-refractivity contribution in [1.82, 2.24) is 4.90 Å². The maximum atomic E-state index is 5.41. The van der Waals surface area contributed by atoms with Gasteiger partial charge in [-0.1, -0.05) is 61.3 Å². The van der Waals surface area contributed by atoms with E-state index in [1.54, 1.807) is 0 Å². The third-order valence-electron chi connectivity index (χ3n) is 3.67. The normalized spacial score (nSPS) is 11.6. The summed E-state index contributed by atoms with van der Waals surface area (Å²) < 4.78 is 5.41. The van der Waals surface area contributed by atoms with Gasteiger partial charge in [0.05, 0.1) is 6.61 Å². The predicted molar refractivity (Wildman–Crippen MR) is 94.6 cm³/mol. The summed E-state index contributed by atoms with van der Waals surface area (Å²) in [5.74, 6) is 0.935. The average molecular weight is 290 g/mol. The number of likely N-dealkylation sites (N-methyl/N-ethyl adjacent to an activating group) is 1. The van der Waals surface area contributed by atoms with Crippen LogP contribution in [0.25, 0.3) is 0 Å². The van der Waals surface area contributed by atoms with Crippen LogP contribution in [0.1, 0.15) is 81.1 Å². The van der Waals surface area contributed by atoms with Crippen LogP contribution in [-0.4, -0.2) is 37.7 Å². The molecule has 1 atom stereocenters. The molecule has 0 aromatic rings. The van der Waals surface area contributed by atoms with Crippen molar-refractivity contribution >= 4 is 0 Å². The Bertz CT molecular complexity index is 146. The summed E-state index contributed by atoms with van der Waals surface area (Å²) in [5, 5.41) is 0. The molecule has 0 saturated carbocycles. The molecule has 0 aliphatic carbocycles. The van der Waals surface area contributed by atoms with Crippen LogP contribution >= 0.6 is 0 Å². The lowest BCUT2D eigenvalue weighted by Gasteiger charge is -2.23. The molecule has 20 heavy (non-hydrogen) atoms. The topological polar surface area (TPSA) is 12.5 Å². The van der Waals surface area contributed by atoms with Gasteiger partial charge in [-0.3, -0.25) is 0 Å². The van der Waals surface area contributed by atoms with E-state index in [2.05, 4.69) is 53.5 Å². The van der Waals surface area contributed by atoms with E-state index in [9.17, 15) is 0 Å². The van der Waals surface area contributed by atoms with Crippen molar-refractivity contribution in [2.45, 2.75) is 87.1 Å². The standard InChI is InChI=1S/C10H23NO.C6H14.C2H6/c1-5-8-12-9-7-11(4)10(3)6-2;1-4-6(3)5-2;1-2/h10H,5-9H2,1-4H3;6H,4-5H2,1-3H3;1-2H3. The summed E-state index contributed by atoms with van der Waals surface area (Å²) in [5.41, 5.74) is 0. The molecule has 0 aromatic heterocycles. The van der Waals surface area contributed by atoms with E-state index in [1.165, 1.54) is 19.3 Å². The molecule has 0 spiro atoms. The van der Waals surface area contributed by atoms with Gasteiger partial charge in [-0.15, -0.1) is 0 Å². The van der Waals surface area contributed by atoms with E-state index in [0.29, 0.717) is 6.04 Å². The Balaban J connectivity index is -0.000000304. The Morgan fingerprint density at radius 3 is 1.65 bits per heavy atom. The van der Waals surface area contributed by atoms with Crippen molar-refractivity contribution in [3.63, 3.8) is 0 Å². The molecule has 0 rings (SSSR count). The van der Waals surface area contributed by atoms with Crippen LogP contribution in [0.15, 0.2) is 0 Å². The minimum atomic E-state index is 0.676. The average Bonchev–Trinajstić information content (AvgIpc) is 2.52. The van der Waals surface area contributed by atoms with Gasteiger partial charge in [0, 0.05) is 19.2 Å². The minimum absolute atomic E-state index is 0.676. The van der Waals surface area contributed by atoms with Crippen LogP contribution in [0, 0.1) is 5.92 Å². The highest BCUT2D eigenvalue weighted by molar-refractivity contribution is 4.59. The Labute approximate surface area is 130 Å². The van der Waals surface area contributed by atoms with E-state index in [-0.39, 0.29) is 0 Å². The van der Waals surface area contributed by atoms with Gasteiger partial charge in [0.25, 0.3) is 0 Å². The molecule has 0 radical (unpaired) electrons. The first-order valence-electron chi connectivity index (χ1n) is 8.81. The molecule has 0 aliphatic heterocycles. The molecule has 1 unspecified atom stereocenters. The number of hydrogen-bond donors (Lipinski definition) is 0. The lowest BCUT2D eigenvalue weighted by Crippen LogP contribution is -2.31. The Kier molecular flexibility index (Phi) is 26.4. The van der Waals surface area contributed by atoms with E-state index in [4.69, 9.17) is 4.74 Å². The molecule has 2 nitrogen and oxygen atoms in total. The largest absolute Gasteiger partial charge is 0.380 e. The van der Waals surface area contributed by atoms with Crippen molar-refractivity contribution in [3.8, 4) is 0 Å². The molecule has 0 aromatic carbocycles. The van der Waals surface area contributed by atoms with Gasteiger partial charge in [-0.05, 0) is 32.7 Å². The van der Waals surface area contributed by atoms with Gasteiger partial charge >= 0.3 is 0 Å². The third kappa shape index (κ3) is 20.2. The summed E-state index contributed by atoms with van der Waals surface area (Å²) in [6.07, 6.45) is 4.99. The van der Waals surface area contributed by atoms with Crippen LogP contribution in [0.3, 0.4) is 0 Å². The molecular formula is C18H43NO. The molecule has 0 bridgehead atoms. The first-order chi connectivity index (χ1) is 9.53. The zero-order chi connectivity index (χ0) is 16.4. The molecule has 0 amide bonds. The highest BCUT2D eigenvalue weighted by atomic mass is 16.5. The third-order valence-corrected chi connectivity index (χ3v) is 3.67. The zero-order valence-corrected chi connectivity index (χ0v) is 16.0. The van der Waals surface area contributed by atoms with Crippen LogP contribution in [0.5, 0.6) is 0 Å². The molecule has 0 fully saturated rings. The maximum Gasteiger partial charge on any atom is 0.0593 e. The fourth-order valence-corrected chi connectivity index (χ4v) is 1.28. The van der Waals surface area contributed by atoms with Crippen LogP contribution in [0.2, 0.25) is 0 Å². The van der Waals surface area contributed by atoms with Crippen LogP contribution in [-0.2, 0) is 4.74 Å². The molecule has 0 N–H and O–H groups in total. The summed E-state index contributed by atoms with van der Waals surface area (Å²) in [6.45, 7) is 20.2. The Hall–Kier alpha value is -0.0800. The number of nitrogens with zero attached hydrogens (tertiary/aromatic N) is 1. The summed E-state index contributed by atoms with van der Waals surface area (Å²) in [7, 11) is 2.16. The van der Waals surface area contributed by atoms with Gasteiger partial charge in [-0.2, -0.15) is 0 Å². The summed E-state index contributed by atoms with van der Waals surface area (Å²) in [4.78, 5) is 2.34. The fourth-order valence-electron chi connectivity index (χ4n) is 1.28. The lowest BCUT2D eigenvalue weighted by atomic mass is 10.1. The van der Waals surface area contributed by atoms with E-state index in [1.807, 2.05) is 13.8 Å². The van der Waals surface area contributed by atoms with Crippen LogP contribution in [0.4, 0.5) is 0 Å². The van der Waals surface area contributed by atoms with E-state index >= 15 is 0 Å². The van der Waals surface area contributed by atoms with Crippen LogP contribution < -0.4 is 0 Å². The molecule has 0 saturated heterocycles. The molecule has 126 valence electrons. The van der Waals surface area contributed by atoms with Gasteiger partial charge in [0.15, 0.2) is 0 Å². The van der Waals surface area contributed by atoms with E-state index < -0.39 is 0 Å². The van der Waals surface area contributed by atoms with Crippen molar-refractivity contribution in [2.24, 2.45) is 5.92 Å². The van der Waals surface area contributed by atoms with Crippen molar-refractivity contribution in [2.75, 3.05) is 26.8 Å². The van der Waals surface area contributed by atoms with Crippen molar-refractivity contribution in [1.29, 1.82) is 0 Å². The Morgan fingerprint density at radius 2 is 1.35 bits per heavy atom. The first-order valence-corrected chi connectivity index (χ1v) is 8.81.